The molecule has 0 radical (unpaired) electrons. The highest BCUT2D eigenvalue weighted by atomic mass is 19.4. The normalized spacial score (nSPS) is 21.1. The Kier molecular flexibility index (Phi) is 4.21. The Balaban J connectivity index is 1.66. The first-order valence-corrected chi connectivity index (χ1v) is 8.37. The molecule has 2 atom stereocenters. The molecule has 0 spiro atoms. The largest absolute Gasteiger partial charge is 0.416 e. The highest BCUT2D eigenvalue weighted by molar-refractivity contribution is 6.52. The molecule has 148 valence electrons. The Morgan fingerprint density at radius 2 is 1.72 bits per heavy atom. The maximum Gasteiger partial charge on any atom is 0.416 e. The number of carbonyl (C=O) groups is 3. The van der Waals surface area contributed by atoms with Crippen molar-refractivity contribution >= 4 is 29.0 Å². The number of Topliss-reactive ketones (excluding diaryl/α,β-unsaturated/α-hetero) is 1. The minimum atomic E-state index is -4.65. The van der Waals surface area contributed by atoms with Crippen molar-refractivity contribution in [3.8, 4) is 0 Å². The molecule has 10 heteroatoms. The molecule has 0 saturated carbocycles. The lowest BCUT2D eigenvalue weighted by Crippen LogP contribution is -2.36. The Labute approximate surface area is 160 Å². The molecular formula is C19H11F4N3O3. The molecule has 0 aliphatic carbocycles. The fraction of sp³-hybridized carbons (Fsp3) is 0.158. The fourth-order valence-electron chi connectivity index (χ4n) is 3.30. The number of imide groups is 1. The van der Waals surface area contributed by atoms with Crippen molar-refractivity contribution in [1.82, 2.24) is 5.43 Å². The third-order valence-electron chi connectivity index (χ3n) is 4.70. The highest BCUT2D eigenvalue weighted by Gasteiger charge is 2.55. The van der Waals surface area contributed by atoms with E-state index in [1.807, 2.05) is 0 Å². The maximum atomic E-state index is 13.1. The number of anilines is 1. The molecule has 0 aromatic heterocycles. The number of ketones is 1. The summed E-state index contributed by atoms with van der Waals surface area (Å²) in [6.07, 6.45) is -4.65. The second kappa shape index (κ2) is 6.50. The van der Waals surface area contributed by atoms with E-state index >= 15 is 0 Å². The van der Waals surface area contributed by atoms with Crippen LogP contribution in [0.3, 0.4) is 0 Å². The minimum absolute atomic E-state index is 0.0605. The van der Waals surface area contributed by atoms with Crippen molar-refractivity contribution in [2.45, 2.75) is 12.2 Å². The van der Waals surface area contributed by atoms with Crippen molar-refractivity contribution in [3.05, 3.63) is 65.5 Å². The summed E-state index contributed by atoms with van der Waals surface area (Å²) in [6.45, 7) is 0. The Morgan fingerprint density at radius 1 is 1.03 bits per heavy atom. The van der Waals surface area contributed by atoms with Crippen molar-refractivity contribution in [1.29, 1.82) is 0 Å². The summed E-state index contributed by atoms with van der Waals surface area (Å²) in [5.41, 5.74) is 0.952. The van der Waals surface area contributed by atoms with Crippen LogP contribution in [-0.4, -0.2) is 29.4 Å². The van der Waals surface area contributed by atoms with Gasteiger partial charge in [-0.25, -0.2) is 9.29 Å². The number of halogens is 4. The molecule has 2 amide bonds. The van der Waals surface area contributed by atoms with Gasteiger partial charge in [-0.1, -0.05) is 6.07 Å². The number of amides is 2. The summed E-state index contributed by atoms with van der Waals surface area (Å²) in [6, 6.07) is 7.13. The van der Waals surface area contributed by atoms with Gasteiger partial charge in [-0.15, -0.1) is 0 Å². The first kappa shape index (κ1) is 18.8. The van der Waals surface area contributed by atoms with Gasteiger partial charge in [-0.3, -0.25) is 19.8 Å². The van der Waals surface area contributed by atoms with Crippen LogP contribution in [-0.2, 0) is 15.8 Å². The summed E-state index contributed by atoms with van der Waals surface area (Å²) in [4.78, 5) is 38.8. The van der Waals surface area contributed by atoms with E-state index in [0.29, 0.717) is 11.0 Å². The van der Waals surface area contributed by atoms with E-state index in [-0.39, 0.29) is 17.0 Å². The van der Waals surface area contributed by atoms with Gasteiger partial charge >= 0.3 is 6.18 Å². The zero-order valence-corrected chi connectivity index (χ0v) is 14.4. The smallest absolute Gasteiger partial charge is 0.296 e. The molecule has 2 aromatic carbocycles. The van der Waals surface area contributed by atoms with E-state index in [1.54, 1.807) is 0 Å². The predicted octanol–water partition coefficient (Wildman–Crippen LogP) is 2.54. The van der Waals surface area contributed by atoms with Gasteiger partial charge in [0.05, 0.1) is 11.3 Å². The summed E-state index contributed by atoms with van der Waals surface area (Å²) in [5.74, 6) is -4.20. The molecule has 4 rings (SSSR count). The van der Waals surface area contributed by atoms with Crippen LogP contribution in [0.25, 0.3) is 0 Å². The Hall–Kier alpha value is -3.56. The van der Waals surface area contributed by atoms with Crippen LogP contribution in [0, 0.1) is 11.7 Å². The van der Waals surface area contributed by atoms with E-state index in [4.69, 9.17) is 0 Å². The van der Waals surface area contributed by atoms with Gasteiger partial charge in [-0.05, 0) is 42.5 Å². The summed E-state index contributed by atoms with van der Waals surface area (Å²) in [7, 11) is 0. The molecule has 0 bridgehead atoms. The van der Waals surface area contributed by atoms with Crippen LogP contribution in [0.4, 0.5) is 23.2 Å². The number of hydrogen-bond donors (Lipinski definition) is 1. The molecule has 2 aliphatic rings. The molecule has 2 aliphatic heterocycles. The number of carbonyl (C=O) groups excluding carboxylic acids is 3. The topological polar surface area (TPSA) is 78.8 Å². The molecular weight excluding hydrogens is 394 g/mol. The van der Waals surface area contributed by atoms with Crippen LogP contribution < -0.4 is 10.3 Å². The number of hydrogen-bond acceptors (Lipinski definition) is 5. The van der Waals surface area contributed by atoms with E-state index in [1.165, 1.54) is 18.2 Å². The first-order valence-electron chi connectivity index (χ1n) is 8.37. The standard InChI is InChI=1S/C19H11F4N3O3/c20-11-6-4-9(5-7-11)16(27)14-13-15(25-24-14)18(29)26(17(13)28)12-3-1-2-10(8-12)19(21,22)23/h1-8,13,15,25H. The lowest BCUT2D eigenvalue weighted by molar-refractivity contribution is -0.137. The summed E-state index contributed by atoms with van der Waals surface area (Å²) < 4.78 is 52.0. The second-order valence-electron chi connectivity index (χ2n) is 6.48. The fourth-order valence-corrected chi connectivity index (χ4v) is 3.30. The Morgan fingerprint density at radius 3 is 2.38 bits per heavy atom. The van der Waals surface area contributed by atoms with Gasteiger partial charge in [0.1, 0.15) is 23.5 Å². The number of hydrazone groups is 1. The molecule has 1 fully saturated rings. The van der Waals surface area contributed by atoms with Crippen LogP contribution in [0.1, 0.15) is 15.9 Å². The Bertz CT molecular complexity index is 1060. The van der Waals surface area contributed by atoms with E-state index in [9.17, 15) is 31.9 Å². The van der Waals surface area contributed by atoms with Gasteiger partial charge in [0.15, 0.2) is 0 Å². The molecule has 2 aromatic rings. The average Bonchev–Trinajstić information content (AvgIpc) is 3.22. The van der Waals surface area contributed by atoms with Gasteiger partial charge in [0, 0.05) is 5.56 Å². The lowest BCUT2D eigenvalue weighted by Gasteiger charge is -2.17. The van der Waals surface area contributed by atoms with Crippen molar-refractivity contribution < 1.29 is 31.9 Å². The first-order chi connectivity index (χ1) is 13.7. The number of rotatable bonds is 3. The van der Waals surface area contributed by atoms with Crippen molar-refractivity contribution in [2.75, 3.05) is 4.90 Å². The van der Waals surface area contributed by atoms with Gasteiger partial charge in [0.2, 0.25) is 11.7 Å². The maximum absolute atomic E-state index is 13.1. The van der Waals surface area contributed by atoms with Crippen LogP contribution >= 0.6 is 0 Å². The number of fused-ring (bicyclic) bond motifs is 1. The SMILES string of the molecule is O=C(C1=NNC2C(=O)N(c3cccc(C(F)(F)F)c3)C(=O)C12)c1ccc(F)cc1. The molecule has 2 unspecified atom stereocenters. The van der Waals surface area contributed by atoms with Crippen LogP contribution in [0.15, 0.2) is 53.6 Å². The van der Waals surface area contributed by atoms with Crippen LogP contribution in [0.2, 0.25) is 0 Å². The number of alkyl halides is 3. The quantitative estimate of drug-likeness (QED) is 0.484. The summed E-state index contributed by atoms with van der Waals surface area (Å²) in [5, 5.41) is 3.78. The second-order valence-corrected chi connectivity index (χ2v) is 6.48. The predicted molar refractivity (Wildman–Crippen MR) is 92.5 cm³/mol. The molecule has 2 heterocycles. The third-order valence-corrected chi connectivity index (χ3v) is 4.70. The number of nitrogens with one attached hydrogen (secondary N) is 1. The average molecular weight is 405 g/mol. The molecule has 1 N–H and O–H groups in total. The van der Waals surface area contributed by atoms with E-state index < -0.39 is 47.1 Å². The van der Waals surface area contributed by atoms with Gasteiger partial charge in [0.25, 0.3) is 5.91 Å². The van der Waals surface area contributed by atoms with E-state index in [0.717, 1.165) is 24.3 Å². The zero-order valence-electron chi connectivity index (χ0n) is 14.4. The van der Waals surface area contributed by atoms with Crippen LogP contribution in [0.5, 0.6) is 0 Å². The lowest BCUT2D eigenvalue weighted by atomic mass is 9.93. The number of benzene rings is 2. The van der Waals surface area contributed by atoms with E-state index in [2.05, 4.69) is 10.5 Å². The van der Waals surface area contributed by atoms with Crippen molar-refractivity contribution in [2.24, 2.45) is 11.0 Å². The molecule has 6 nitrogen and oxygen atoms in total. The van der Waals surface area contributed by atoms with Crippen molar-refractivity contribution in [3.63, 3.8) is 0 Å². The molecule has 1 saturated heterocycles. The summed E-state index contributed by atoms with van der Waals surface area (Å²) >= 11 is 0. The minimum Gasteiger partial charge on any atom is -0.296 e. The van der Waals surface area contributed by atoms with Gasteiger partial charge < -0.3 is 0 Å². The molecule has 29 heavy (non-hydrogen) atoms. The third kappa shape index (κ3) is 3.06. The zero-order chi connectivity index (χ0) is 20.9. The highest BCUT2D eigenvalue weighted by Crippen LogP contribution is 2.35. The van der Waals surface area contributed by atoms with Gasteiger partial charge in [-0.2, -0.15) is 18.3 Å². The number of nitrogens with zero attached hydrogens (tertiary/aromatic N) is 2. The monoisotopic (exact) mass is 405 g/mol.